The second kappa shape index (κ2) is 9.91. The molecule has 8 nitrogen and oxygen atoms in total. The van der Waals surface area contributed by atoms with Crippen LogP contribution in [0.1, 0.15) is 69.6 Å². The number of anilines is 1. The highest BCUT2D eigenvalue weighted by atomic mass is 35.5. The van der Waals surface area contributed by atoms with Gasteiger partial charge in [-0.1, -0.05) is 32.4 Å². The van der Waals surface area contributed by atoms with E-state index in [1.807, 2.05) is 27.7 Å². The number of carbonyl (C=O) groups excluding carboxylic acids is 1. The van der Waals surface area contributed by atoms with Crippen LogP contribution in [0.25, 0.3) is 0 Å². The highest BCUT2D eigenvalue weighted by Crippen LogP contribution is 2.46. The van der Waals surface area contributed by atoms with Crippen molar-refractivity contribution in [1.82, 2.24) is 10.3 Å². The average Bonchev–Trinajstić information content (AvgIpc) is 2.97. The van der Waals surface area contributed by atoms with Crippen LogP contribution in [0.3, 0.4) is 0 Å². The van der Waals surface area contributed by atoms with Crippen LogP contribution in [-0.2, 0) is 21.8 Å². The van der Waals surface area contributed by atoms with Crippen molar-refractivity contribution >= 4 is 38.9 Å². The van der Waals surface area contributed by atoms with Gasteiger partial charge in [0.1, 0.15) is 22.0 Å². The zero-order valence-corrected chi connectivity index (χ0v) is 23.8. The van der Waals surface area contributed by atoms with E-state index in [9.17, 15) is 13.2 Å². The summed E-state index contributed by atoms with van der Waals surface area (Å²) >= 11 is 6.06. The molecule has 1 aromatic carbocycles. The summed E-state index contributed by atoms with van der Waals surface area (Å²) in [6.45, 7) is 12.1. The molecule has 3 heterocycles. The molecule has 37 heavy (non-hydrogen) atoms. The molecule has 2 atom stereocenters. The summed E-state index contributed by atoms with van der Waals surface area (Å²) in [6, 6.07) is 7.04. The minimum atomic E-state index is -3.66. The minimum Gasteiger partial charge on any atom is -0.493 e. The van der Waals surface area contributed by atoms with Gasteiger partial charge in [-0.25, -0.2) is 13.4 Å². The van der Waals surface area contributed by atoms with Crippen LogP contribution in [0.4, 0.5) is 5.69 Å². The first kappa shape index (κ1) is 27.4. The molecule has 2 unspecified atom stereocenters. The van der Waals surface area contributed by atoms with E-state index in [4.69, 9.17) is 21.3 Å². The SMILES string of the molecule is CCc1cc(Cl)cnc1C(=O)Nc1ccc2c(c1)C1(C)NC(=NCC(C)C)C(C)(C)S(=O)(=O)C1CCO2. The highest BCUT2D eigenvalue weighted by Gasteiger charge is 2.59. The van der Waals surface area contributed by atoms with E-state index >= 15 is 0 Å². The summed E-state index contributed by atoms with van der Waals surface area (Å²) in [5.74, 6) is 0.932. The average molecular weight is 547 g/mol. The van der Waals surface area contributed by atoms with Crippen LogP contribution in [0.5, 0.6) is 5.75 Å². The van der Waals surface area contributed by atoms with Gasteiger partial charge in [-0.2, -0.15) is 0 Å². The molecular formula is C27H35ClN4O4S. The molecule has 1 saturated heterocycles. The van der Waals surface area contributed by atoms with E-state index < -0.39 is 25.4 Å². The van der Waals surface area contributed by atoms with E-state index in [1.165, 1.54) is 6.20 Å². The summed E-state index contributed by atoms with van der Waals surface area (Å²) in [7, 11) is -3.66. The second-order valence-electron chi connectivity index (χ2n) is 10.8. The van der Waals surface area contributed by atoms with Crippen molar-refractivity contribution in [2.45, 2.75) is 69.9 Å². The van der Waals surface area contributed by atoms with Gasteiger partial charge in [-0.15, -0.1) is 0 Å². The maximum absolute atomic E-state index is 14.0. The fourth-order valence-corrected chi connectivity index (χ4v) is 7.52. The zero-order valence-electron chi connectivity index (χ0n) is 22.2. The maximum Gasteiger partial charge on any atom is 0.274 e. The van der Waals surface area contributed by atoms with Crippen molar-refractivity contribution in [3.63, 3.8) is 0 Å². The number of hydrogen-bond acceptors (Lipinski definition) is 6. The normalized spacial score (nSPS) is 24.9. The van der Waals surface area contributed by atoms with Crippen molar-refractivity contribution in [3.05, 3.63) is 52.3 Å². The van der Waals surface area contributed by atoms with Gasteiger partial charge in [0, 0.05) is 30.4 Å². The Kier molecular flexibility index (Phi) is 7.33. The number of amidine groups is 1. The standard InChI is InChI=1S/C27H35ClN4O4S/c1-7-17-12-18(28)15-29-23(17)24(33)31-19-8-9-21-20(13-19)27(6)22(10-11-36-21)37(34,35)26(4,5)25(32-27)30-14-16(2)3/h8-9,12-13,15-16,22H,7,10-11,14H2,1-6H3,(H,30,32)(H,31,33). The number of aliphatic imine (C=N–C) groups is 1. The summed E-state index contributed by atoms with van der Waals surface area (Å²) in [5, 5.41) is 6.16. The molecular weight excluding hydrogens is 512 g/mol. The van der Waals surface area contributed by atoms with E-state index in [0.29, 0.717) is 52.9 Å². The third-order valence-electron chi connectivity index (χ3n) is 7.26. The summed E-state index contributed by atoms with van der Waals surface area (Å²) in [4.78, 5) is 22.0. The number of benzene rings is 1. The lowest BCUT2D eigenvalue weighted by Crippen LogP contribution is -2.68. The quantitative estimate of drug-likeness (QED) is 0.559. The Morgan fingerprint density at radius 3 is 2.70 bits per heavy atom. The monoisotopic (exact) mass is 546 g/mol. The lowest BCUT2D eigenvalue weighted by molar-refractivity contribution is 0.102. The van der Waals surface area contributed by atoms with Crippen LogP contribution < -0.4 is 15.4 Å². The number of amides is 1. The Morgan fingerprint density at radius 2 is 2.03 bits per heavy atom. The second-order valence-corrected chi connectivity index (χ2v) is 13.9. The number of aromatic nitrogens is 1. The van der Waals surface area contributed by atoms with E-state index in [2.05, 4.69) is 15.6 Å². The van der Waals surface area contributed by atoms with Gasteiger partial charge >= 0.3 is 0 Å². The number of fused-ring (bicyclic) bond motifs is 3. The van der Waals surface area contributed by atoms with Crippen LogP contribution in [0.2, 0.25) is 5.02 Å². The van der Waals surface area contributed by atoms with Crippen molar-refractivity contribution in [2.75, 3.05) is 18.5 Å². The zero-order chi connectivity index (χ0) is 27.2. The molecule has 2 aliphatic heterocycles. The van der Waals surface area contributed by atoms with Crippen LogP contribution >= 0.6 is 11.6 Å². The summed E-state index contributed by atoms with van der Waals surface area (Å²) < 4.78 is 32.8. The molecule has 0 bridgehead atoms. The third-order valence-corrected chi connectivity index (χ3v) is 10.5. The van der Waals surface area contributed by atoms with Crippen molar-refractivity contribution in [3.8, 4) is 5.75 Å². The van der Waals surface area contributed by atoms with E-state index in [1.54, 1.807) is 38.1 Å². The number of nitrogens with zero attached hydrogens (tertiary/aromatic N) is 2. The summed E-state index contributed by atoms with van der Waals surface area (Å²) in [6.07, 6.45) is 2.38. The Labute approximate surface area is 224 Å². The molecule has 0 spiro atoms. The fourth-order valence-electron chi connectivity index (χ4n) is 5.03. The Bertz CT molecular complexity index is 1360. The minimum absolute atomic E-state index is 0.267. The Balaban J connectivity index is 1.77. The maximum atomic E-state index is 14.0. The largest absolute Gasteiger partial charge is 0.493 e. The van der Waals surface area contributed by atoms with Gasteiger partial charge in [-0.05, 0) is 62.9 Å². The number of ether oxygens (including phenoxy) is 1. The van der Waals surface area contributed by atoms with Gasteiger partial charge in [0.25, 0.3) is 5.91 Å². The predicted octanol–water partition coefficient (Wildman–Crippen LogP) is 4.77. The molecule has 10 heteroatoms. The summed E-state index contributed by atoms with van der Waals surface area (Å²) in [5.41, 5.74) is 1.19. The van der Waals surface area contributed by atoms with Crippen molar-refractivity contribution in [2.24, 2.45) is 10.9 Å². The smallest absolute Gasteiger partial charge is 0.274 e. The molecule has 4 rings (SSSR count). The Hall–Kier alpha value is -2.65. The number of sulfone groups is 1. The fraction of sp³-hybridized carbons (Fsp3) is 0.519. The van der Waals surface area contributed by atoms with E-state index in [-0.39, 0.29) is 18.4 Å². The first-order valence-corrected chi connectivity index (χ1v) is 14.5. The molecule has 1 aromatic heterocycles. The number of nitrogens with one attached hydrogen (secondary N) is 2. The molecule has 0 radical (unpaired) electrons. The van der Waals surface area contributed by atoms with Crippen molar-refractivity contribution in [1.29, 1.82) is 0 Å². The van der Waals surface area contributed by atoms with Crippen LogP contribution in [0, 0.1) is 5.92 Å². The molecule has 200 valence electrons. The number of hydrogen-bond donors (Lipinski definition) is 2. The van der Waals surface area contributed by atoms with Gasteiger partial charge in [0.15, 0.2) is 9.84 Å². The molecule has 0 saturated carbocycles. The lowest BCUT2D eigenvalue weighted by Gasteiger charge is -2.48. The van der Waals surface area contributed by atoms with E-state index in [0.717, 1.165) is 5.56 Å². The molecule has 2 aromatic rings. The number of carbonyl (C=O) groups is 1. The van der Waals surface area contributed by atoms with Gasteiger partial charge in [-0.3, -0.25) is 9.79 Å². The number of halogens is 1. The van der Waals surface area contributed by atoms with Crippen LogP contribution in [0.15, 0.2) is 35.5 Å². The third kappa shape index (κ3) is 4.83. The highest BCUT2D eigenvalue weighted by molar-refractivity contribution is 7.94. The molecule has 1 fully saturated rings. The van der Waals surface area contributed by atoms with Crippen LogP contribution in [-0.4, -0.2) is 48.3 Å². The van der Waals surface area contributed by atoms with Gasteiger partial charge in [0.05, 0.1) is 22.4 Å². The number of rotatable bonds is 5. The lowest BCUT2D eigenvalue weighted by atomic mass is 9.85. The van der Waals surface area contributed by atoms with Gasteiger partial charge < -0.3 is 15.4 Å². The molecule has 1 amide bonds. The van der Waals surface area contributed by atoms with Crippen molar-refractivity contribution < 1.29 is 17.9 Å². The first-order valence-electron chi connectivity index (χ1n) is 12.6. The number of pyridine rings is 1. The van der Waals surface area contributed by atoms with Gasteiger partial charge in [0.2, 0.25) is 0 Å². The first-order chi connectivity index (χ1) is 17.3. The molecule has 2 N–H and O–H groups in total. The molecule has 2 aliphatic rings. The Morgan fingerprint density at radius 1 is 1.30 bits per heavy atom. The molecule has 0 aliphatic carbocycles. The number of aryl methyl sites for hydroxylation is 1. The predicted molar refractivity (Wildman–Crippen MR) is 148 cm³/mol. The topological polar surface area (TPSA) is 110 Å².